The highest BCUT2D eigenvalue weighted by atomic mass is 31.2. The molecule has 3 N–H and O–H groups in total. The quantitative estimate of drug-likeness (QED) is 0.0222. The molecule has 102 heavy (non-hydrogen) atoms. The summed E-state index contributed by atoms with van der Waals surface area (Å²) in [5, 5.41) is 10.6. The zero-order valence-electron chi connectivity index (χ0n) is 67.1. The lowest BCUT2D eigenvalue weighted by atomic mass is 9.99. The monoisotopic (exact) mass is 1490 g/mol. The second kappa shape index (κ2) is 73.2. The second-order valence-corrected chi connectivity index (χ2v) is 34.0. The van der Waals surface area contributed by atoms with Gasteiger partial charge < -0.3 is 33.8 Å². The molecule has 0 aromatic carbocycles. The minimum Gasteiger partial charge on any atom is -0.462 e. The summed E-state index contributed by atoms with van der Waals surface area (Å²) in [7, 11) is -9.92. The number of hydrogen-bond acceptors (Lipinski definition) is 15. The van der Waals surface area contributed by atoms with Crippen molar-refractivity contribution >= 4 is 39.5 Å². The van der Waals surface area contributed by atoms with Gasteiger partial charge in [0.1, 0.15) is 19.3 Å². The fourth-order valence-corrected chi connectivity index (χ4v) is 14.4. The Balaban J connectivity index is 5.20. The Hall–Kier alpha value is -1.94. The Labute approximate surface area is 626 Å². The normalized spacial score (nSPS) is 14.2. The van der Waals surface area contributed by atoms with Crippen molar-refractivity contribution in [1.29, 1.82) is 0 Å². The molecule has 0 aromatic heterocycles. The molecule has 0 aliphatic carbocycles. The number of carbonyl (C=O) groups excluding carboxylic acids is 4. The number of esters is 4. The highest BCUT2D eigenvalue weighted by Crippen LogP contribution is 2.45. The number of hydrogen-bond donors (Lipinski definition) is 3. The molecule has 0 spiro atoms. The van der Waals surface area contributed by atoms with E-state index in [0.717, 1.165) is 108 Å². The maximum absolute atomic E-state index is 13.1. The van der Waals surface area contributed by atoms with E-state index in [4.69, 9.17) is 37.0 Å². The molecule has 0 aliphatic heterocycles. The Bertz CT molecular complexity index is 1980. The van der Waals surface area contributed by atoms with Crippen molar-refractivity contribution in [2.45, 2.75) is 452 Å². The van der Waals surface area contributed by atoms with E-state index >= 15 is 0 Å². The molecule has 0 saturated heterocycles. The molecule has 17 nitrogen and oxygen atoms in total. The molecule has 6 atom stereocenters. The SMILES string of the molecule is CCCCCCCCCCCCCCCCCCCCCC(=O)OC[C@H](COP(=O)(O)OC[C@@H](O)COP(=O)(O)OC[C@@H](COC(=O)CCCCCCCCCC(C)C)OC(=O)CCCCCCCCCCC(C)C)OC(=O)CCCCCCCCCCCCCCCCCCCCC(C)CC. The zero-order chi connectivity index (χ0) is 75.1. The van der Waals surface area contributed by atoms with E-state index in [0.29, 0.717) is 31.6 Å². The van der Waals surface area contributed by atoms with Gasteiger partial charge in [0.05, 0.1) is 26.4 Å². The molecule has 606 valence electrons. The van der Waals surface area contributed by atoms with Gasteiger partial charge in [-0.2, -0.15) is 0 Å². The van der Waals surface area contributed by atoms with Gasteiger partial charge >= 0.3 is 39.5 Å². The average Bonchev–Trinajstić information content (AvgIpc) is 0.910. The summed E-state index contributed by atoms with van der Waals surface area (Å²) in [5.74, 6) is 0.181. The van der Waals surface area contributed by atoms with Crippen LogP contribution in [0.5, 0.6) is 0 Å². The summed E-state index contributed by atoms with van der Waals surface area (Å²) in [5.41, 5.74) is 0. The Kier molecular flexibility index (Phi) is 71.8. The van der Waals surface area contributed by atoms with Crippen molar-refractivity contribution < 1.29 is 80.2 Å². The van der Waals surface area contributed by atoms with Crippen LogP contribution in [0, 0.1) is 17.8 Å². The Morgan fingerprint density at radius 3 is 0.745 bits per heavy atom. The molecule has 0 rings (SSSR count). The van der Waals surface area contributed by atoms with Gasteiger partial charge in [-0.05, 0) is 43.4 Å². The lowest BCUT2D eigenvalue weighted by molar-refractivity contribution is -0.161. The van der Waals surface area contributed by atoms with Crippen molar-refractivity contribution in [2.24, 2.45) is 17.8 Å². The van der Waals surface area contributed by atoms with Crippen molar-refractivity contribution in [2.75, 3.05) is 39.6 Å². The highest BCUT2D eigenvalue weighted by Gasteiger charge is 2.30. The predicted octanol–water partition coefficient (Wildman–Crippen LogP) is 24.9. The van der Waals surface area contributed by atoms with Gasteiger partial charge in [0.2, 0.25) is 0 Å². The smallest absolute Gasteiger partial charge is 0.462 e. The van der Waals surface area contributed by atoms with Crippen LogP contribution >= 0.6 is 15.6 Å². The number of phosphoric acid groups is 2. The largest absolute Gasteiger partial charge is 0.472 e. The Morgan fingerprint density at radius 2 is 0.500 bits per heavy atom. The van der Waals surface area contributed by atoms with Crippen LogP contribution in [-0.2, 0) is 65.4 Å². The summed E-state index contributed by atoms with van der Waals surface area (Å²) in [4.78, 5) is 73.0. The molecule has 0 aliphatic rings. The van der Waals surface area contributed by atoms with Gasteiger partial charge in [0, 0.05) is 25.7 Å². The molecule has 0 fully saturated rings. The first-order chi connectivity index (χ1) is 49.3. The molecule has 0 aromatic rings. The topological polar surface area (TPSA) is 237 Å². The van der Waals surface area contributed by atoms with Gasteiger partial charge in [0.25, 0.3) is 0 Å². The maximum Gasteiger partial charge on any atom is 0.472 e. The fourth-order valence-electron chi connectivity index (χ4n) is 12.8. The average molecular weight is 1490 g/mol. The summed E-state index contributed by atoms with van der Waals surface area (Å²) in [6.45, 7) is 11.9. The van der Waals surface area contributed by atoms with Gasteiger partial charge in [-0.1, -0.05) is 382 Å². The number of unbranched alkanes of at least 4 members (excludes halogenated alkanes) is 48. The van der Waals surface area contributed by atoms with Gasteiger partial charge in [-0.25, -0.2) is 9.13 Å². The first-order valence-electron chi connectivity index (χ1n) is 42.9. The van der Waals surface area contributed by atoms with E-state index in [-0.39, 0.29) is 25.7 Å². The van der Waals surface area contributed by atoms with Gasteiger partial charge in [0.15, 0.2) is 12.2 Å². The van der Waals surface area contributed by atoms with Crippen LogP contribution in [0.25, 0.3) is 0 Å². The number of aliphatic hydroxyl groups excluding tert-OH is 1. The van der Waals surface area contributed by atoms with Gasteiger partial charge in [-0.3, -0.25) is 37.3 Å². The van der Waals surface area contributed by atoms with Crippen molar-refractivity contribution in [1.82, 2.24) is 0 Å². The third-order valence-corrected chi connectivity index (χ3v) is 21.6. The Morgan fingerprint density at radius 1 is 0.284 bits per heavy atom. The second-order valence-electron chi connectivity index (χ2n) is 31.1. The lowest BCUT2D eigenvalue weighted by Gasteiger charge is -2.21. The molecule has 0 radical (unpaired) electrons. The zero-order valence-corrected chi connectivity index (χ0v) is 68.9. The van der Waals surface area contributed by atoms with Crippen LogP contribution in [0.4, 0.5) is 0 Å². The van der Waals surface area contributed by atoms with E-state index in [2.05, 4.69) is 48.5 Å². The minimum atomic E-state index is -4.96. The number of rotatable bonds is 81. The van der Waals surface area contributed by atoms with Crippen LogP contribution < -0.4 is 0 Å². The lowest BCUT2D eigenvalue weighted by Crippen LogP contribution is -2.30. The molecule has 0 saturated carbocycles. The molecule has 0 bridgehead atoms. The third kappa shape index (κ3) is 74.9. The van der Waals surface area contributed by atoms with Gasteiger partial charge in [-0.15, -0.1) is 0 Å². The van der Waals surface area contributed by atoms with Crippen LogP contribution in [0.3, 0.4) is 0 Å². The van der Waals surface area contributed by atoms with Crippen molar-refractivity contribution in [3.63, 3.8) is 0 Å². The summed E-state index contributed by atoms with van der Waals surface area (Å²) < 4.78 is 68.7. The molecule has 0 amide bonds. The molecule has 19 heteroatoms. The van der Waals surface area contributed by atoms with Crippen LogP contribution in [0.1, 0.15) is 434 Å². The van der Waals surface area contributed by atoms with E-state index in [1.54, 1.807) is 0 Å². The van der Waals surface area contributed by atoms with Crippen molar-refractivity contribution in [3.05, 3.63) is 0 Å². The number of aliphatic hydroxyl groups is 1. The standard InChI is InChI=1S/C83H162O17P2/c1-8-10-11-12-13-14-15-16-17-18-19-23-26-29-32-35-43-50-57-64-80(85)93-70-78(99-82(87)66-59-52-44-36-33-30-27-24-21-20-22-25-28-31-34-42-49-56-63-76(7)9-2)72-97-101(89,90)95-68-77(84)69-96-102(91,92)98-73-79(71-94-81(86)65-58-51-46-39-41-48-55-62-75(5)6)100-83(88)67-60-53-45-38-37-40-47-54-61-74(3)4/h74-79,84H,8-73H2,1-7H3,(H,89,90)(H,91,92)/t76?,77-,78-,79-/m1/s1. The minimum absolute atomic E-state index is 0.104. The number of ether oxygens (including phenoxy) is 4. The van der Waals surface area contributed by atoms with Crippen molar-refractivity contribution in [3.8, 4) is 0 Å². The fraction of sp³-hybridized carbons (Fsp3) is 0.952. The van der Waals surface area contributed by atoms with E-state index < -0.39 is 97.5 Å². The number of carbonyl (C=O) groups is 4. The molecule has 0 heterocycles. The molecular formula is C83H162O17P2. The molecule has 3 unspecified atom stereocenters. The summed E-state index contributed by atoms with van der Waals surface area (Å²) >= 11 is 0. The number of phosphoric ester groups is 2. The summed E-state index contributed by atoms with van der Waals surface area (Å²) in [6, 6.07) is 0. The maximum atomic E-state index is 13.1. The third-order valence-electron chi connectivity index (χ3n) is 19.7. The van der Waals surface area contributed by atoms with Crippen LogP contribution in [-0.4, -0.2) is 96.7 Å². The van der Waals surface area contributed by atoms with Crippen LogP contribution in [0.15, 0.2) is 0 Å². The van der Waals surface area contributed by atoms with E-state index in [9.17, 15) is 43.2 Å². The van der Waals surface area contributed by atoms with E-state index in [1.165, 1.54) is 238 Å². The highest BCUT2D eigenvalue weighted by molar-refractivity contribution is 7.47. The summed E-state index contributed by atoms with van der Waals surface area (Å²) in [6.07, 6.45) is 62.8. The van der Waals surface area contributed by atoms with E-state index in [1.807, 2.05) is 0 Å². The first-order valence-corrected chi connectivity index (χ1v) is 45.9. The van der Waals surface area contributed by atoms with Crippen LogP contribution in [0.2, 0.25) is 0 Å². The molecular weight excluding hydrogens is 1330 g/mol. The first kappa shape index (κ1) is 100. The predicted molar refractivity (Wildman–Crippen MR) is 418 cm³/mol.